The summed E-state index contributed by atoms with van der Waals surface area (Å²) in [5.41, 5.74) is 7.00. The number of hydrogen-bond acceptors (Lipinski definition) is 3. The molecule has 1 aliphatic heterocycles. The Morgan fingerprint density at radius 1 is 1.32 bits per heavy atom. The van der Waals surface area contributed by atoms with Crippen LogP contribution in [0.4, 0.5) is 0 Å². The third-order valence-electron chi connectivity index (χ3n) is 4.19. The molecule has 1 saturated heterocycles. The topological polar surface area (TPSA) is 55.6 Å². The normalized spacial score (nSPS) is 27.9. The van der Waals surface area contributed by atoms with Gasteiger partial charge in [0.1, 0.15) is 6.04 Å². The molecule has 1 aromatic carbocycles. The van der Waals surface area contributed by atoms with E-state index in [-0.39, 0.29) is 18.1 Å². The van der Waals surface area contributed by atoms with Gasteiger partial charge in [0, 0.05) is 6.54 Å². The summed E-state index contributed by atoms with van der Waals surface area (Å²) in [4.78, 5) is 14.5. The number of amides is 1. The molecule has 19 heavy (non-hydrogen) atoms. The van der Waals surface area contributed by atoms with Gasteiger partial charge in [0.2, 0.25) is 5.91 Å². The maximum absolute atomic E-state index is 12.6. The summed E-state index contributed by atoms with van der Waals surface area (Å²) >= 11 is 0. The van der Waals surface area contributed by atoms with E-state index in [0.29, 0.717) is 13.2 Å². The molecule has 3 unspecified atom stereocenters. The number of morpholine rings is 1. The summed E-state index contributed by atoms with van der Waals surface area (Å²) in [6.07, 6.45) is 3.47. The Kier molecular flexibility index (Phi) is 3.53. The van der Waals surface area contributed by atoms with Gasteiger partial charge in [0.05, 0.1) is 18.8 Å². The third kappa shape index (κ3) is 2.38. The fourth-order valence-electron chi connectivity index (χ4n) is 3.18. The van der Waals surface area contributed by atoms with Crippen LogP contribution in [-0.2, 0) is 9.53 Å². The molecule has 0 bridgehead atoms. The highest BCUT2D eigenvalue weighted by molar-refractivity contribution is 5.83. The van der Waals surface area contributed by atoms with Gasteiger partial charge in [-0.15, -0.1) is 0 Å². The van der Waals surface area contributed by atoms with Gasteiger partial charge in [-0.25, -0.2) is 0 Å². The third-order valence-corrected chi connectivity index (χ3v) is 4.19. The van der Waals surface area contributed by atoms with Crippen molar-refractivity contribution in [3.8, 4) is 0 Å². The van der Waals surface area contributed by atoms with Gasteiger partial charge in [0.15, 0.2) is 0 Å². The van der Waals surface area contributed by atoms with Crippen molar-refractivity contribution >= 4 is 5.91 Å². The molecule has 1 saturated carbocycles. The monoisotopic (exact) mass is 260 g/mol. The minimum absolute atomic E-state index is 0.0337. The van der Waals surface area contributed by atoms with E-state index in [1.54, 1.807) is 0 Å². The number of carbonyl (C=O) groups excluding carboxylic acids is 1. The van der Waals surface area contributed by atoms with E-state index in [4.69, 9.17) is 10.5 Å². The molecule has 4 nitrogen and oxygen atoms in total. The van der Waals surface area contributed by atoms with E-state index < -0.39 is 6.04 Å². The highest BCUT2D eigenvalue weighted by Gasteiger charge is 2.39. The van der Waals surface area contributed by atoms with E-state index in [0.717, 1.165) is 24.8 Å². The van der Waals surface area contributed by atoms with Gasteiger partial charge in [-0.3, -0.25) is 4.79 Å². The molecule has 1 amide bonds. The quantitative estimate of drug-likeness (QED) is 0.876. The largest absolute Gasteiger partial charge is 0.374 e. The molecule has 0 spiro atoms. The lowest BCUT2D eigenvalue weighted by molar-refractivity contribution is -0.145. The van der Waals surface area contributed by atoms with E-state index in [2.05, 4.69) is 0 Å². The fraction of sp³-hybridized carbons (Fsp3) is 0.533. The number of benzene rings is 1. The summed E-state index contributed by atoms with van der Waals surface area (Å²) in [5, 5.41) is 0. The van der Waals surface area contributed by atoms with Crippen LogP contribution in [0.3, 0.4) is 0 Å². The number of ether oxygens (including phenoxy) is 1. The molecule has 1 aliphatic carbocycles. The molecular formula is C15H20N2O2. The number of rotatable bonds is 2. The van der Waals surface area contributed by atoms with Crippen molar-refractivity contribution in [3.05, 3.63) is 35.9 Å². The molecule has 3 rings (SSSR count). The zero-order valence-electron chi connectivity index (χ0n) is 11.0. The second kappa shape index (κ2) is 5.31. The van der Waals surface area contributed by atoms with Crippen LogP contribution in [0.25, 0.3) is 0 Å². The minimum Gasteiger partial charge on any atom is -0.374 e. The first kappa shape index (κ1) is 12.6. The first-order valence-electron chi connectivity index (χ1n) is 7.00. The maximum atomic E-state index is 12.6. The van der Waals surface area contributed by atoms with Crippen molar-refractivity contribution in [1.29, 1.82) is 0 Å². The lowest BCUT2D eigenvalue weighted by Crippen LogP contribution is -2.53. The Balaban J connectivity index is 1.76. The van der Waals surface area contributed by atoms with Crippen LogP contribution in [0, 0.1) is 0 Å². The average Bonchev–Trinajstić information content (AvgIpc) is 2.95. The molecule has 1 heterocycles. The van der Waals surface area contributed by atoms with Gasteiger partial charge < -0.3 is 15.4 Å². The lowest BCUT2D eigenvalue weighted by atomic mass is 10.0. The molecule has 2 fully saturated rings. The van der Waals surface area contributed by atoms with E-state index in [1.807, 2.05) is 35.2 Å². The van der Waals surface area contributed by atoms with Gasteiger partial charge >= 0.3 is 0 Å². The van der Waals surface area contributed by atoms with Crippen molar-refractivity contribution in [2.75, 3.05) is 13.2 Å². The van der Waals surface area contributed by atoms with Crippen LogP contribution in [0.5, 0.6) is 0 Å². The van der Waals surface area contributed by atoms with Crippen molar-refractivity contribution in [2.45, 2.75) is 37.5 Å². The SMILES string of the molecule is NC(C(=O)N1CCOC2CCCC21)c1ccccc1. The van der Waals surface area contributed by atoms with Crippen LogP contribution < -0.4 is 5.73 Å². The Morgan fingerprint density at radius 2 is 2.11 bits per heavy atom. The smallest absolute Gasteiger partial charge is 0.244 e. The Morgan fingerprint density at radius 3 is 2.89 bits per heavy atom. The number of nitrogens with two attached hydrogens (primary N) is 1. The molecule has 3 atom stereocenters. The van der Waals surface area contributed by atoms with Gasteiger partial charge in [0.25, 0.3) is 0 Å². The summed E-state index contributed by atoms with van der Waals surface area (Å²) in [6, 6.07) is 9.27. The Bertz CT molecular complexity index is 449. The second-order valence-electron chi connectivity index (χ2n) is 5.33. The summed E-state index contributed by atoms with van der Waals surface area (Å²) < 4.78 is 5.73. The van der Waals surface area contributed by atoms with Crippen molar-refractivity contribution in [3.63, 3.8) is 0 Å². The van der Waals surface area contributed by atoms with Gasteiger partial charge in [-0.1, -0.05) is 30.3 Å². The molecule has 102 valence electrons. The first-order chi connectivity index (χ1) is 9.27. The van der Waals surface area contributed by atoms with E-state index >= 15 is 0 Å². The molecule has 2 N–H and O–H groups in total. The highest BCUT2D eigenvalue weighted by atomic mass is 16.5. The number of nitrogens with zero attached hydrogens (tertiary/aromatic N) is 1. The summed E-state index contributed by atoms with van der Waals surface area (Å²) in [7, 11) is 0. The standard InChI is InChI=1S/C15H20N2O2/c16-14(11-5-2-1-3-6-11)15(18)17-9-10-19-13-8-4-7-12(13)17/h1-3,5-6,12-14H,4,7-10,16H2. The van der Waals surface area contributed by atoms with E-state index in [1.165, 1.54) is 0 Å². The van der Waals surface area contributed by atoms with Gasteiger partial charge in [-0.05, 0) is 24.8 Å². The number of hydrogen-bond donors (Lipinski definition) is 1. The molecule has 0 radical (unpaired) electrons. The zero-order chi connectivity index (χ0) is 13.2. The minimum atomic E-state index is -0.555. The predicted molar refractivity (Wildman–Crippen MR) is 72.5 cm³/mol. The first-order valence-corrected chi connectivity index (χ1v) is 7.00. The summed E-state index contributed by atoms with van der Waals surface area (Å²) in [6.45, 7) is 1.30. The molecule has 2 aliphatic rings. The Hall–Kier alpha value is -1.39. The lowest BCUT2D eigenvalue weighted by Gasteiger charge is -2.39. The van der Waals surface area contributed by atoms with Crippen LogP contribution in [0.15, 0.2) is 30.3 Å². The van der Waals surface area contributed by atoms with Crippen molar-refractivity contribution in [2.24, 2.45) is 5.73 Å². The highest BCUT2D eigenvalue weighted by Crippen LogP contribution is 2.31. The Labute approximate surface area is 113 Å². The molecule has 1 aromatic rings. The van der Waals surface area contributed by atoms with Crippen molar-refractivity contribution < 1.29 is 9.53 Å². The van der Waals surface area contributed by atoms with Crippen LogP contribution >= 0.6 is 0 Å². The van der Waals surface area contributed by atoms with Gasteiger partial charge in [-0.2, -0.15) is 0 Å². The second-order valence-corrected chi connectivity index (χ2v) is 5.33. The molecular weight excluding hydrogens is 240 g/mol. The average molecular weight is 260 g/mol. The maximum Gasteiger partial charge on any atom is 0.244 e. The van der Waals surface area contributed by atoms with E-state index in [9.17, 15) is 4.79 Å². The number of fused-ring (bicyclic) bond motifs is 1. The zero-order valence-corrected chi connectivity index (χ0v) is 11.0. The number of carbonyl (C=O) groups is 1. The molecule has 0 aromatic heterocycles. The summed E-state index contributed by atoms with van der Waals surface area (Å²) in [5.74, 6) is 0.0337. The fourth-order valence-corrected chi connectivity index (χ4v) is 3.18. The predicted octanol–water partition coefficient (Wildman–Crippen LogP) is 1.47. The van der Waals surface area contributed by atoms with Crippen molar-refractivity contribution in [1.82, 2.24) is 4.90 Å². The van der Waals surface area contributed by atoms with Crippen LogP contribution in [-0.4, -0.2) is 36.1 Å². The molecule has 4 heteroatoms. The van der Waals surface area contributed by atoms with Crippen LogP contribution in [0.2, 0.25) is 0 Å². The van der Waals surface area contributed by atoms with Crippen LogP contribution in [0.1, 0.15) is 30.9 Å².